The number of unbranched alkanes of at least 4 members (excludes halogenated alkanes) is 1. The van der Waals surface area contributed by atoms with Gasteiger partial charge in [0.05, 0.1) is 6.42 Å². The predicted octanol–water partition coefficient (Wildman–Crippen LogP) is 4.99. The van der Waals surface area contributed by atoms with Crippen LogP contribution in [0.2, 0.25) is 0 Å². The SMILES string of the molecule is C=CCCCC1CCCCC1C(=O)CC(=O)c1ccccc1. The van der Waals surface area contributed by atoms with Crippen LogP contribution in [0.1, 0.15) is 61.7 Å². The minimum atomic E-state index is -0.0407. The molecule has 0 heterocycles. The van der Waals surface area contributed by atoms with Crippen LogP contribution in [0, 0.1) is 11.8 Å². The van der Waals surface area contributed by atoms with E-state index in [-0.39, 0.29) is 23.9 Å². The molecule has 118 valence electrons. The van der Waals surface area contributed by atoms with Crippen LogP contribution in [0.5, 0.6) is 0 Å². The standard InChI is InChI=1S/C20H26O2/c1-2-3-5-10-16-11-8-9-14-18(16)20(22)15-19(21)17-12-6-4-7-13-17/h2,4,6-7,12-13,16,18H,1,3,5,8-11,14-15H2. The zero-order chi connectivity index (χ0) is 15.8. The van der Waals surface area contributed by atoms with Crippen molar-refractivity contribution in [3.8, 4) is 0 Å². The van der Waals surface area contributed by atoms with E-state index < -0.39 is 0 Å². The average molecular weight is 298 g/mol. The quantitative estimate of drug-likeness (QED) is 0.293. The van der Waals surface area contributed by atoms with Gasteiger partial charge in [-0.1, -0.05) is 49.2 Å². The second-order valence-corrected chi connectivity index (χ2v) is 6.30. The van der Waals surface area contributed by atoms with E-state index in [0.717, 1.165) is 38.5 Å². The highest BCUT2D eigenvalue weighted by Gasteiger charge is 2.31. The Balaban J connectivity index is 1.93. The van der Waals surface area contributed by atoms with Crippen molar-refractivity contribution in [3.63, 3.8) is 0 Å². The van der Waals surface area contributed by atoms with Gasteiger partial charge in [-0.3, -0.25) is 9.59 Å². The second-order valence-electron chi connectivity index (χ2n) is 6.30. The van der Waals surface area contributed by atoms with Crippen LogP contribution in [0.25, 0.3) is 0 Å². The molecule has 0 radical (unpaired) electrons. The third kappa shape index (κ3) is 4.66. The highest BCUT2D eigenvalue weighted by molar-refractivity contribution is 6.08. The van der Waals surface area contributed by atoms with E-state index in [1.165, 1.54) is 6.42 Å². The zero-order valence-electron chi connectivity index (χ0n) is 13.3. The molecule has 1 aromatic carbocycles. The van der Waals surface area contributed by atoms with Crippen LogP contribution in [0.15, 0.2) is 43.0 Å². The van der Waals surface area contributed by atoms with Crippen molar-refractivity contribution in [1.29, 1.82) is 0 Å². The topological polar surface area (TPSA) is 34.1 Å². The van der Waals surface area contributed by atoms with Gasteiger partial charge in [0.2, 0.25) is 0 Å². The van der Waals surface area contributed by atoms with Gasteiger partial charge in [0.1, 0.15) is 5.78 Å². The molecule has 2 atom stereocenters. The van der Waals surface area contributed by atoms with Crippen LogP contribution in [0.4, 0.5) is 0 Å². The first-order valence-corrected chi connectivity index (χ1v) is 8.44. The minimum Gasteiger partial charge on any atom is -0.299 e. The van der Waals surface area contributed by atoms with Gasteiger partial charge in [0.15, 0.2) is 5.78 Å². The monoisotopic (exact) mass is 298 g/mol. The fourth-order valence-corrected chi connectivity index (χ4v) is 3.52. The Kier molecular flexibility index (Phi) is 6.57. The lowest BCUT2D eigenvalue weighted by atomic mass is 9.73. The maximum atomic E-state index is 12.6. The van der Waals surface area contributed by atoms with E-state index in [1.54, 1.807) is 12.1 Å². The molecular formula is C20H26O2. The van der Waals surface area contributed by atoms with Gasteiger partial charge in [0.25, 0.3) is 0 Å². The number of ketones is 2. The highest BCUT2D eigenvalue weighted by Crippen LogP contribution is 2.35. The summed E-state index contributed by atoms with van der Waals surface area (Å²) in [6.45, 7) is 3.76. The summed E-state index contributed by atoms with van der Waals surface area (Å²) in [5.41, 5.74) is 0.648. The third-order valence-corrected chi connectivity index (χ3v) is 4.74. The Morgan fingerprint density at radius 1 is 1.14 bits per heavy atom. The molecule has 1 saturated carbocycles. The largest absolute Gasteiger partial charge is 0.299 e. The Morgan fingerprint density at radius 3 is 2.59 bits per heavy atom. The molecule has 0 aromatic heterocycles. The van der Waals surface area contributed by atoms with Gasteiger partial charge in [-0.05, 0) is 38.0 Å². The molecule has 0 saturated heterocycles. The molecule has 2 unspecified atom stereocenters. The van der Waals surface area contributed by atoms with E-state index in [1.807, 2.05) is 24.3 Å². The Labute approximate surface area is 133 Å². The molecule has 1 aromatic rings. The van der Waals surface area contributed by atoms with Crippen LogP contribution in [0.3, 0.4) is 0 Å². The summed E-state index contributed by atoms with van der Waals surface area (Å²) in [5, 5.41) is 0. The van der Waals surface area contributed by atoms with Crippen molar-refractivity contribution in [2.75, 3.05) is 0 Å². The smallest absolute Gasteiger partial charge is 0.170 e. The summed E-state index contributed by atoms with van der Waals surface area (Å²) in [6.07, 6.45) is 9.63. The van der Waals surface area contributed by atoms with Gasteiger partial charge >= 0.3 is 0 Å². The van der Waals surface area contributed by atoms with Crippen molar-refractivity contribution < 1.29 is 9.59 Å². The van der Waals surface area contributed by atoms with Crippen molar-refractivity contribution in [1.82, 2.24) is 0 Å². The summed E-state index contributed by atoms with van der Waals surface area (Å²) < 4.78 is 0. The maximum Gasteiger partial charge on any atom is 0.170 e. The van der Waals surface area contributed by atoms with Crippen molar-refractivity contribution in [2.45, 2.75) is 51.4 Å². The summed E-state index contributed by atoms with van der Waals surface area (Å²) in [4.78, 5) is 24.8. The maximum absolute atomic E-state index is 12.6. The Bertz CT molecular complexity index is 504. The molecule has 1 fully saturated rings. The molecule has 0 N–H and O–H groups in total. The molecule has 2 nitrogen and oxygen atoms in total. The van der Waals surface area contributed by atoms with Crippen molar-refractivity contribution >= 4 is 11.6 Å². The first kappa shape index (κ1) is 16.7. The molecule has 0 spiro atoms. The van der Waals surface area contributed by atoms with E-state index in [2.05, 4.69) is 6.58 Å². The van der Waals surface area contributed by atoms with Gasteiger partial charge in [-0.2, -0.15) is 0 Å². The van der Waals surface area contributed by atoms with Gasteiger partial charge in [-0.15, -0.1) is 6.58 Å². The lowest BCUT2D eigenvalue weighted by Gasteiger charge is -2.30. The summed E-state index contributed by atoms with van der Waals surface area (Å²) in [7, 11) is 0. The summed E-state index contributed by atoms with van der Waals surface area (Å²) in [6, 6.07) is 9.15. The Morgan fingerprint density at radius 2 is 1.86 bits per heavy atom. The zero-order valence-corrected chi connectivity index (χ0v) is 13.3. The number of allylic oxidation sites excluding steroid dienone is 1. The van der Waals surface area contributed by atoms with E-state index in [0.29, 0.717) is 11.5 Å². The van der Waals surface area contributed by atoms with Crippen molar-refractivity contribution in [2.24, 2.45) is 11.8 Å². The first-order valence-electron chi connectivity index (χ1n) is 8.44. The normalized spacial score (nSPS) is 21.3. The highest BCUT2D eigenvalue weighted by atomic mass is 16.1. The number of carbonyl (C=O) groups is 2. The minimum absolute atomic E-state index is 0.0407. The van der Waals surface area contributed by atoms with E-state index in [4.69, 9.17) is 0 Å². The lowest BCUT2D eigenvalue weighted by molar-refractivity contribution is -0.124. The fourth-order valence-electron chi connectivity index (χ4n) is 3.52. The number of Topliss-reactive ketones (excluding diaryl/α,β-unsaturated/α-hetero) is 2. The lowest BCUT2D eigenvalue weighted by Crippen LogP contribution is -2.28. The van der Waals surface area contributed by atoms with E-state index in [9.17, 15) is 9.59 Å². The first-order chi connectivity index (χ1) is 10.7. The molecule has 1 aliphatic carbocycles. The molecule has 0 aliphatic heterocycles. The molecule has 0 bridgehead atoms. The second kappa shape index (κ2) is 8.67. The van der Waals surface area contributed by atoms with Crippen LogP contribution < -0.4 is 0 Å². The van der Waals surface area contributed by atoms with Gasteiger partial charge in [-0.25, -0.2) is 0 Å². The van der Waals surface area contributed by atoms with Gasteiger partial charge < -0.3 is 0 Å². The van der Waals surface area contributed by atoms with Crippen LogP contribution in [-0.4, -0.2) is 11.6 Å². The summed E-state index contributed by atoms with van der Waals surface area (Å²) in [5.74, 6) is 0.661. The predicted molar refractivity (Wildman–Crippen MR) is 89.9 cm³/mol. The molecular weight excluding hydrogens is 272 g/mol. The molecule has 22 heavy (non-hydrogen) atoms. The van der Waals surface area contributed by atoms with Gasteiger partial charge in [0, 0.05) is 11.5 Å². The third-order valence-electron chi connectivity index (χ3n) is 4.74. The molecule has 2 heteroatoms. The number of hydrogen-bond donors (Lipinski definition) is 0. The van der Waals surface area contributed by atoms with Crippen LogP contribution >= 0.6 is 0 Å². The molecule has 0 amide bonds. The van der Waals surface area contributed by atoms with Crippen LogP contribution in [-0.2, 0) is 4.79 Å². The average Bonchev–Trinajstić information content (AvgIpc) is 2.56. The number of benzene rings is 1. The van der Waals surface area contributed by atoms with E-state index >= 15 is 0 Å². The Hall–Kier alpha value is -1.70. The number of hydrogen-bond acceptors (Lipinski definition) is 2. The fraction of sp³-hybridized carbons (Fsp3) is 0.500. The summed E-state index contributed by atoms with van der Waals surface area (Å²) >= 11 is 0. The molecule has 1 aliphatic rings. The number of carbonyl (C=O) groups excluding carboxylic acids is 2. The number of rotatable bonds is 8. The molecule has 2 rings (SSSR count). The van der Waals surface area contributed by atoms with Crippen molar-refractivity contribution in [3.05, 3.63) is 48.6 Å².